The van der Waals surface area contributed by atoms with Crippen molar-refractivity contribution in [3.63, 3.8) is 0 Å². The highest BCUT2D eigenvalue weighted by atomic mass is 35.5. The molecule has 7 nitrogen and oxygen atoms in total. The summed E-state index contributed by atoms with van der Waals surface area (Å²) in [6.45, 7) is 0.456. The molecule has 0 unspecified atom stereocenters. The Labute approximate surface area is 172 Å². The van der Waals surface area contributed by atoms with Gasteiger partial charge in [0.05, 0.1) is 35.7 Å². The number of fused-ring (bicyclic) bond motifs is 4. The van der Waals surface area contributed by atoms with Crippen LogP contribution >= 0.6 is 23.4 Å². The van der Waals surface area contributed by atoms with Crippen LogP contribution in [0.15, 0.2) is 18.2 Å². The van der Waals surface area contributed by atoms with Crippen LogP contribution in [0.3, 0.4) is 0 Å². The summed E-state index contributed by atoms with van der Waals surface area (Å²) in [5.74, 6) is -1.43. The Kier molecular flexibility index (Phi) is 5.16. The van der Waals surface area contributed by atoms with Gasteiger partial charge in [0.2, 0.25) is 17.7 Å². The highest BCUT2D eigenvalue weighted by molar-refractivity contribution is 7.98. The maximum absolute atomic E-state index is 13.3. The van der Waals surface area contributed by atoms with Crippen molar-refractivity contribution in [2.24, 2.45) is 11.8 Å². The minimum atomic E-state index is -1.28. The van der Waals surface area contributed by atoms with E-state index in [-0.39, 0.29) is 36.9 Å². The molecule has 1 spiro atoms. The molecule has 3 heterocycles. The van der Waals surface area contributed by atoms with E-state index >= 15 is 0 Å². The summed E-state index contributed by atoms with van der Waals surface area (Å²) >= 11 is 7.96. The van der Waals surface area contributed by atoms with Crippen LogP contribution in [0.5, 0.6) is 0 Å². The van der Waals surface area contributed by atoms with Crippen molar-refractivity contribution in [3.8, 4) is 0 Å². The van der Waals surface area contributed by atoms with Gasteiger partial charge < -0.3 is 10.1 Å². The Morgan fingerprint density at radius 1 is 1.29 bits per heavy atom. The smallest absolute Gasteiger partial charge is 0.250 e. The van der Waals surface area contributed by atoms with Gasteiger partial charge in [-0.25, -0.2) is 0 Å². The van der Waals surface area contributed by atoms with Crippen molar-refractivity contribution < 1.29 is 19.1 Å². The summed E-state index contributed by atoms with van der Waals surface area (Å²) in [6, 6.07) is 5.00. The van der Waals surface area contributed by atoms with E-state index in [1.54, 1.807) is 30.0 Å². The SMILES string of the molecule is COCCN1C(=O)[C@H]2[C@H](CCSC)N[C@@]3(C(=O)Nc4c(Cl)cccc43)[C@@H]2C1=O. The fourth-order valence-electron chi connectivity index (χ4n) is 4.75. The number of hydrogen-bond acceptors (Lipinski definition) is 6. The Balaban J connectivity index is 1.82. The monoisotopic (exact) mass is 423 g/mol. The number of methoxy groups -OCH3 is 1. The van der Waals surface area contributed by atoms with Crippen LogP contribution in [0.25, 0.3) is 0 Å². The van der Waals surface area contributed by atoms with Gasteiger partial charge in [-0.2, -0.15) is 11.8 Å². The van der Waals surface area contributed by atoms with E-state index in [9.17, 15) is 14.4 Å². The average molecular weight is 424 g/mol. The number of likely N-dealkylation sites (tertiary alicyclic amines) is 1. The molecule has 150 valence electrons. The number of halogens is 1. The lowest BCUT2D eigenvalue weighted by atomic mass is 9.76. The molecular formula is C19H22ClN3O4S. The zero-order chi connectivity index (χ0) is 20.1. The number of benzene rings is 1. The quantitative estimate of drug-likeness (QED) is 0.673. The number of carbonyl (C=O) groups is 3. The van der Waals surface area contributed by atoms with Crippen molar-refractivity contribution in [1.82, 2.24) is 10.2 Å². The van der Waals surface area contributed by atoms with Crippen molar-refractivity contribution in [2.75, 3.05) is 37.6 Å². The van der Waals surface area contributed by atoms with Gasteiger partial charge in [0.1, 0.15) is 5.54 Å². The molecule has 9 heteroatoms. The first-order valence-electron chi connectivity index (χ1n) is 9.18. The topological polar surface area (TPSA) is 87.7 Å². The standard InChI is InChI=1S/C19H22ClN3O4S/c1-27-8-7-23-16(24)13-12(6-9-28-2)22-19(14(13)17(23)25)10-4-3-5-11(20)15(10)21-18(19)26/h3-5,12-14,22H,6-9H2,1-2H3,(H,21,26)/t12-,13-,14-,19+/m0/s1. The molecule has 4 atom stereocenters. The molecule has 0 aliphatic carbocycles. The highest BCUT2D eigenvalue weighted by Gasteiger charge is 2.70. The van der Waals surface area contributed by atoms with Crippen LogP contribution in [-0.2, 0) is 24.7 Å². The van der Waals surface area contributed by atoms with Gasteiger partial charge >= 0.3 is 0 Å². The van der Waals surface area contributed by atoms with Crippen molar-refractivity contribution in [1.29, 1.82) is 0 Å². The molecule has 2 N–H and O–H groups in total. The van der Waals surface area contributed by atoms with E-state index in [1.165, 1.54) is 12.0 Å². The predicted octanol–water partition coefficient (Wildman–Crippen LogP) is 1.46. The van der Waals surface area contributed by atoms with Crippen molar-refractivity contribution in [3.05, 3.63) is 28.8 Å². The second-order valence-electron chi connectivity index (χ2n) is 7.28. The van der Waals surface area contributed by atoms with E-state index in [2.05, 4.69) is 10.6 Å². The van der Waals surface area contributed by atoms with Gasteiger partial charge in [-0.3, -0.25) is 24.6 Å². The molecule has 4 rings (SSSR count). The molecule has 2 fully saturated rings. The fourth-order valence-corrected chi connectivity index (χ4v) is 5.46. The molecule has 3 aliphatic rings. The third kappa shape index (κ3) is 2.62. The number of ether oxygens (including phenoxy) is 1. The van der Waals surface area contributed by atoms with Crippen molar-refractivity contribution in [2.45, 2.75) is 18.0 Å². The number of nitrogens with zero attached hydrogens (tertiary/aromatic N) is 1. The second-order valence-corrected chi connectivity index (χ2v) is 8.67. The molecule has 0 aromatic heterocycles. The number of carbonyl (C=O) groups excluding carboxylic acids is 3. The van der Waals surface area contributed by atoms with Crippen LogP contribution in [0.1, 0.15) is 12.0 Å². The van der Waals surface area contributed by atoms with Gasteiger partial charge in [-0.15, -0.1) is 0 Å². The predicted molar refractivity (Wildman–Crippen MR) is 107 cm³/mol. The molecule has 0 bridgehead atoms. The van der Waals surface area contributed by atoms with Gasteiger partial charge in [0.15, 0.2) is 0 Å². The van der Waals surface area contributed by atoms with Crippen molar-refractivity contribution >= 4 is 46.8 Å². The number of para-hydroxylation sites is 1. The number of anilines is 1. The number of imide groups is 1. The second kappa shape index (κ2) is 7.33. The lowest BCUT2D eigenvalue weighted by molar-refractivity contribution is -0.143. The summed E-state index contributed by atoms with van der Waals surface area (Å²) in [5.41, 5.74) is -0.120. The minimum absolute atomic E-state index is 0.191. The van der Waals surface area contributed by atoms with E-state index < -0.39 is 17.4 Å². The number of amides is 3. The summed E-state index contributed by atoms with van der Waals surface area (Å²) in [5, 5.41) is 6.64. The molecule has 1 aromatic rings. The summed E-state index contributed by atoms with van der Waals surface area (Å²) < 4.78 is 5.06. The number of thioether (sulfide) groups is 1. The van der Waals surface area contributed by atoms with Crippen LogP contribution < -0.4 is 10.6 Å². The molecule has 0 saturated carbocycles. The first-order chi connectivity index (χ1) is 13.5. The lowest BCUT2D eigenvalue weighted by Crippen LogP contribution is -2.53. The summed E-state index contributed by atoms with van der Waals surface area (Å²) in [6.07, 6.45) is 2.68. The number of rotatable bonds is 6. The zero-order valence-electron chi connectivity index (χ0n) is 15.7. The minimum Gasteiger partial charge on any atom is -0.383 e. The van der Waals surface area contributed by atoms with E-state index in [0.29, 0.717) is 22.7 Å². The largest absolute Gasteiger partial charge is 0.383 e. The Morgan fingerprint density at radius 2 is 2.07 bits per heavy atom. The maximum atomic E-state index is 13.3. The van der Waals surface area contributed by atoms with Gasteiger partial charge in [0, 0.05) is 18.7 Å². The first-order valence-corrected chi connectivity index (χ1v) is 11.0. The normalized spacial score (nSPS) is 30.9. The third-order valence-corrected chi connectivity index (χ3v) is 6.90. The zero-order valence-corrected chi connectivity index (χ0v) is 17.2. The molecule has 1 aromatic carbocycles. The first kappa shape index (κ1) is 19.7. The molecule has 28 heavy (non-hydrogen) atoms. The van der Waals surface area contributed by atoms with Crippen LogP contribution in [0.2, 0.25) is 5.02 Å². The molecule has 2 saturated heterocycles. The van der Waals surface area contributed by atoms with Crippen LogP contribution in [0.4, 0.5) is 5.69 Å². The summed E-state index contributed by atoms with van der Waals surface area (Å²) in [7, 11) is 1.53. The molecule has 3 aliphatic heterocycles. The number of hydrogen-bond donors (Lipinski definition) is 2. The Bertz CT molecular complexity index is 850. The molecule has 3 amide bonds. The molecular weight excluding hydrogens is 402 g/mol. The lowest BCUT2D eigenvalue weighted by Gasteiger charge is -2.29. The maximum Gasteiger partial charge on any atom is 0.250 e. The Morgan fingerprint density at radius 3 is 2.79 bits per heavy atom. The third-order valence-electron chi connectivity index (χ3n) is 5.94. The van der Waals surface area contributed by atoms with Crippen LogP contribution in [-0.4, -0.2) is 60.9 Å². The number of nitrogens with one attached hydrogen (secondary N) is 2. The fraction of sp³-hybridized carbons (Fsp3) is 0.526. The van der Waals surface area contributed by atoms with Crippen LogP contribution in [0, 0.1) is 11.8 Å². The molecule has 0 radical (unpaired) electrons. The Hall–Kier alpha value is -1.61. The van der Waals surface area contributed by atoms with E-state index in [0.717, 1.165) is 5.75 Å². The van der Waals surface area contributed by atoms with Gasteiger partial charge in [-0.1, -0.05) is 23.7 Å². The van der Waals surface area contributed by atoms with Gasteiger partial charge in [0.25, 0.3) is 0 Å². The van der Waals surface area contributed by atoms with E-state index in [1.807, 2.05) is 6.26 Å². The average Bonchev–Trinajstić information content (AvgIpc) is 3.25. The summed E-state index contributed by atoms with van der Waals surface area (Å²) in [4.78, 5) is 40.9. The highest BCUT2D eigenvalue weighted by Crippen LogP contribution is 2.54. The van der Waals surface area contributed by atoms with Gasteiger partial charge in [-0.05, 0) is 24.5 Å². The van der Waals surface area contributed by atoms with E-state index in [4.69, 9.17) is 16.3 Å².